The molecule has 1 aromatic rings. The summed E-state index contributed by atoms with van der Waals surface area (Å²) < 4.78 is 0. The summed E-state index contributed by atoms with van der Waals surface area (Å²) >= 11 is 0. The third-order valence-electron chi connectivity index (χ3n) is 3.74. The molecule has 1 N–H and O–H groups in total. The van der Waals surface area contributed by atoms with Crippen LogP contribution in [0.15, 0.2) is 12.4 Å². The Morgan fingerprint density at radius 1 is 1.37 bits per heavy atom. The van der Waals surface area contributed by atoms with E-state index in [0.717, 1.165) is 37.7 Å². The number of nitrogens with zero attached hydrogens (tertiary/aromatic N) is 4. The van der Waals surface area contributed by atoms with Crippen LogP contribution in [0.4, 0.5) is 11.6 Å². The van der Waals surface area contributed by atoms with Gasteiger partial charge < -0.3 is 15.1 Å². The van der Waals surface area contributed by atoms with Crippen molar-refractivity contribution < 1.29 is 0 Å². The van der Waals surface area contributed by atoms with E-state index in [-0.39, 0.29) is 0 Å². The van der Waals surface area contributed by atoms with Gasteiger partial charge in [0.15, 0.2) is 0 Å². The fourth-order valence-corrected chi connectivity index (χ4v) is 2.66. The molecule has 0 amide bonds. The number of nitrogens with one attached hydrogen (secondary N) is 1. The van der Waals surface area contributed by atoms with Crippen molar-refractivity contribution in [3.05, 3.63) is 12.4 Å². The lowest BCUT2D eigenvalue weighted by Gasteiger charge is -2.22. The summed E-state index contributed by atoms with van der Waals surface area (Å²) in [5, 5.41) is 3.29. The first-order chi connectivity index (χ1) is 9.11. The first kappa shape index (κ1) is 14.1. The summed E-state index contributed by atoms with van der Waals surface area (Å²) in [6.07, 6.45) is 4.75. The van der Waals surface area contributed by atoms with Gasteiger partial charge in [0.05, 0.1) is 12.4 Å². The van der Waals surface area contributed by atoms with Gasteiger partial charge in [-0.15, -0.1) is 0 Å². The maximum atomic E-state index is 4.65. The molecule has 1 aliphatic heterocycles. The highest BCUT2D eigenvalue weighted by Gasteiger charge is 2.31. The molecular weight excluding hydrogens is 238 g/mol. The van der Waals surface area contributed by atoms with Crippen molar-refractivity contribution in [2.45, 2.75) is 26.3 Å². The van der Waals surface area contributed by atoms with E-state index < -0.39 is 0 Å². The molecule has 1 saturated heterocycles. The lowest BCUT2D eigenvalue weighted by molar-refractivity contribution is 0.266. The zero-order valence-electron chi connectivity index (χ0n) is 12.4. The first-order valence-electron chi connectivity index (χ1n) is 7.09. The SMILES string of the molecule is CCCNc1cncc(N2CC(C)C(N(C)C)C2)n1. The summed E-state index contributed by atoms with van der Waals surface area (Å²) in [6.45, 7) is 7.47. The van der Waals surface area contributed by atoms with E-state index in [2.05, 4.69) is 53.0 Å². The van der Waals surface area contributed by atoms with E-state index in [4.69, 9.17) is 0 Å². The quantitative estimate of drug-likeness (QED) is 0.875. The third kappa shape index (κ3) is 3.35. The van der Waals surface area contributed by atoms with Gasteiger partial charge in [0.1, 0.15) is 11.6 Å². The predicted molar refractivity (Wildman–Crippen MR) is 79.7 cm³/mol. The molecule has 5 heteroatoms. The van der Waals surface area contributed by atoms with E-state index in [1.807, 2.05) is 6.20 Å². The van der Waals surface area contributed by atoms with Crippen molar-refractivity contribution in [3.8, 4) is 0 Å². The van der Waals surface area contributed by atoms with Crippen LogP contribution in [0.1, 0.15) is 20.3 Å². The largest absolute Gasteiger partial charge is 0.369 e. The van der Waals surface area contributed by atoms with Crippen molar-refractivity contribution in [1.29, 1.82) is 0 Å². The Labute approximate surface area is 116 Å². The number of hydrogen-bond donors (Lipinski definition) is 1. The van der Waals surface area contributed by atoms with Gasteiger partial charge in [-0.3, -0.25) is 4.98 Å². The van der Waals surface area contributed by atoms with E-state index in [1.54, 1.807) is 6.20 Å². The Morgan fingerprint density at radius 3 is 2.79 bits per heavy atom. The second-order valence-corrected chi connectivity index (χ2v) is 5.60. The maximum absolute atomic E-state index is 4.65. The van der Waals surface area contributed by atoms with Gasteiger partial charge in [-0.25, -0.2) is 4.98 Å². The first-order valence-corrected chi connectivity index (χ1v) is 7.09. The van der Waals surface area contributed by atoms with Gasteiger partial charge in [0.2, 0.25) is 0 Å². The summed E-state index contributed by atoms with van der Waals surface area (Å²) in [6, 6.07) is 0.592. The predicted octanol–water partition coefficient (Wildman–Crippen LogP) is 1.68. The molecule has 19 heavy (non-hydrogen) atoms. The van der Waals surface area contributed by atoms with Crippen LogP contribution >= 0.6 is 0 Å². The Kier molecular flexibility index (Phi) is 4.58. The van der Waals surface area contributed by atoms with Gasteiger partial charge in [-0.05, 0) is 26.4 Å². The monoisotopic (exact) mass is 263 g/mol. The van der Waals surface area contributed by atoms with Gasteiger partial charge in [-0.2, -0.15) is 0 Å². The number of likely N-dealkylation sites (N-methyl/N-ethyl adjacent to an activating group) is 1. The Bertz CT molecular complexity index is 407. The van der Waals surface area contributed by atoms with E-state index in [9.17, 15) is 0 Å². The van der Waals surface area contributed by atoms with Crippen LogP contribution < -0.4 is 10.2 Å². The van der Waals surface area contributed by atoms with Crippen LogP contribution in [0, 0.1) is 5.92 Å². The van der Waals surface area contributed by atoms with Gasteiger partial charge in [-0.1, -0.05) is 13.8 Å². The lowest BCUT2D eigenvalue weighted by Crippen LogP contribution is -2.34. The molecule has 2 heterocycles. The number of rotatable bonds is 5. The lowest BCUT2D eigenvalue weighted by atomic mass is 10.1. The minimum Gasteiger partial charge on any atom is -0.369 e. The molecule has 2 unspecified atom stereocenters. The fourth-order valence-electron chi connectivity index (χ4n) is 2.66. The second-order valence-electron chi connectivity index (χ2n) is 5.60. The summed E-state index contributed by atoms with van der Waals surface area (Å²) in [4.78, 5) is 13.6. The van der Waals surface area contributed by atoms with Crippen molar-refractivity contribution in [1.82, 2.24) is 14.9 Å². The van der Waals surface area contributed by atoms with E-state index >= 15 is 0 Å². The molecule has 2 atom stereocenters. The van der Waals surface area contributed by atoms with Crippen molar-refractivity contribution >= 4 is 11.6 Å². The van der Waals surface area contributed by atoms with Crippen molar-refractivity contribution in [2.24, 2.45) is 5.92 Å². The van der Waals surface area contributed by atoms with Crippen LogP contribution in [0.2, 0.25) is 0 Å². The Balaban J connectivity index is 2.06. The average molecular weight is 263 g/mol. The van der Waals surface area contributed by atoms with E-state index in [1.165, 1.54) is 0 Å². The highest BCUT2D eigenvalue weighted by molar-refractivity contribution is 5.45. The number of anilines is 2. The fraction of sp³-hybridized carbons (Fsp3) is 0.714. The molecule has 1 fully saturated rings. The molecular formula is C14H25N5. The van der Waals surface area contributed by atoms with Gasteiger partial charge >= 0.3 is 0 Å². The van der Waals surface area contributed by atoms with Gasteiger partial charge in [0, 0.05) is 25.7 Å². The molecule has 0 bridgehead atoms. The molecule has 0 saturated carbocycles. The molecule has 0 radical (unpaired) electrons. The minimum atomic E-state index is 0.592. The number of aromatic nitrogens is 2. The van der Waals surface area contributed by atoms with Crippen molar-refractivity contribution in [3.63, 3.8) is 0 Å². The third-order valence-corrected chi connectivity index (χ3v) is 3.74. The normalized spacial score (nSPS) is 23.1. The van der Waals surface area contributed by atoms with Crippen LogP contribution in [0.3, 0.4) is 0 Å². The Hall–Kier alpha value is -1.36. The maximum Gasteiger partial charge on any atom is 0.149 e. The topological polar surface area (TPSA) is 44.3 Å². The highest BCUT2D eigenvalue weighted by Crippen LogP contribution is 2.24. The molecule has 0 aliphatic carbocycles. The average Bonchev–Trinajstić information content (AvgIpc) is 2.79. The molecule has 0 aromatic carbocycles. The summed E-state index contributed by atoms with van der Waals surface area (Å²) in [7, 11) is 4.30. The van der Waals surface area contributed by atoms with Crippen LogP contribution in [-0.2, 0) is 0 Å². The zero-order valence-corrected chi connectivity index (χ0v) is 12.4. The van der Waals surface area contributed by atoms with E-state index in [0.29, 0.717) is 12.0 Å². The highest BCUT2D eigenvalue weighted by atomic mass is 15.3. The standard InChI is InChI=1S/C14H25N5/c1-5-6-16-13-7-15-8-14(17-13)19-9-11(2)12(10-19)18(3)4/h7-8,11-12H,5-6,9-10H2,1-4H3,(H,16,17). The Morgan fingerprint density at radius 2 is 2.16 bits per heavy atom. The molecule has 5 nitrogen and oxygen atoms in total. The van der Waals surface area contributed by atoms with Crippen LogP contribution in [0.25, 0.3) is 0 Å². The smallest absolute Gasteiger partial charge is 0.149 e. The molecule has 0 spiro atoms. The second kappa shape index (κ2) is 6.19. The minimum absolute atomic E-state index is 0.592. The zero-order chi connectivity index (χ0) is 13.8. The number of hydrogen-bond acceptors (Lipinski definition) is 5. The van der Waals surface area contributed by atoms with Crippen LogP contribution in [-0.4, -0.2) is 54.6 Å². The molecule has 106 valence electrons. The molecule has 2 rings (SSSR count). The van der Waals surface area contributed by atoms with Gasteiger partial charge in [0.25, 0.3) is 0 Å². The summed E-state index contributed by atoms with van der Waals surface area (Å²) in [5.41, 5.74) is 0. The molecule has 1 aliphatic rings. The van der Waals surface area contributed by atoms with Crippen LogP contribution in [0.5, 0.6) is 0 Å². The van der Waals surface area contributed by atoms with Crippen molar-refractivity contribution in [2.75, 3.05) is 43.9 Å². The molecule has 1 aromatic heterocycles. The summed E-state index contributed by atoms with van der Waals surface area (Å²) in [5.74, 6) is 2.52.